The molecule has 96 valence electrons. The highest BCUT2D eigenvalue weighted by Crippen LogP contribution is 2.37. The molecule has 1 fully saturated rings. The van der Waals surface area contributed by atoms with Gasteiger partial charge in [-0.25, -0.2) is 0 Å². The summed E-state index contributed by atoms with van der Waals surface area (Å²) in [7, 11) is 6.50. The van der Waals surface area contributed by atoms with Crippen molar-refractivity contribution in [3.05, 3.63) is 0 Å². The number of nitrogens with two attached hydrogens (primary N) is 1. The van der Waals surface area contributed by atoms with E-state index in [1.54, 1.807) is 0 Å². The van der Waals surface area contributed by atoms with E-state index in [1.807, 2.05) is 0 Å². The van der Waals surface area contributed by atoms with Gasteiger partial charge in [0.15, 0.2) is 0 Å². The van der Waals surface area contributed by atoms with Crippen molar-refractivity contribution in [2.24, 2.45) is 5.73 Å². The second-order valence-electron chi connectivity index (χ2n) is 5.33. The fourth-order valence-corrected chi connectivity index (χ4v) is 3.85. The molecule has 0 aromatic carbocycles. The molecular weight excluding hydrogens is 218 g/mol. The summed E-state index contributed by atoms with van der Waals surface area (Å²) in [4.78, 5) is 4.74. The van der Waals surface area contributed by atoms with Gasteiger partial charge in [-0.05, 0) is 47.1 Å². The number of likely N-dealkylation sites (N-methyl/N-ethyl adjacent to an activating group) is 1. The molecule has 1 aliphatic heterocycles. The van der Waals surface area contributed by atoms with Crippen LogP contribution >= 0.6 is 11.8 Å². The van der Waals surface area contributed by atoms with Gasteiger partial charge in [0.2, 0.25) is 0 Å². The molecule has 16 heavy (non-hydrogen) atoms. The zero-order chi connectivity index (χ0) is 12.2. The van der Waals surface area contributed by atoms with Crippen LogP contribution in [0.1, 0.15) is 19.8 Å². The van der Waals surface area contributed by atoms with E-state index in [9.17, 15) is 0 Å². The fourth-order valence-electron chi connectivity index (χ4n) is 2.38. The number of rotatable bonds is 6. The lowest BCUT2D eigenvalue weighted by molar-refractivity contribution is 0.141. The SMILES string of the molecule is CC1CC(CN)(N(C)CCCN(C)C)CS1. The van der Waals surface area contributed by atoms with E-state index in [-0.39, 0.29) is 5.54 Å². The first kappa shape index (κ1) is 14.3. The second-order valence-corrected chi connectivity index (χ2v) is 6.76. The molecule has 3 nitrogen and oxygen atoms in total. The third-order valence-electron chi connectivity index (χ3n) is 3.59. The molecule has 0 saturated carbocycles. The number of hydrogen-bond acceptors (Lipinski definition) is 4. The molecule has 2 unspecified atom stereocenters. The van der Waals surface area contributed by atoms with Gasteiger partial charge in [-0.3, -0.25) is 4.90 Å². The molecule has 0 aliphatic carbocycles. The molecule has 4 heteroatoms. The van der Waals surface area contributed by atoms with Gasteiger partial charge in [0.1, 0.15) is 0 Å². The van der Waals surface area contributed by atoms with Crippen molar-refractivity contribution in [3.63, 3.8) is 0 Å². The number of nitrogens with zero attached hydrogens (tertiary/aromatic N) is 2. The van der Waals surface area contributed by atoms with Crippen LogP contribution in [0.5, 0.6) is 0 Å². The number of thioether (sulfide) groups is 1. The lowest BCUT2D eigenvalue weighted by Crippen LogP contribution is -2.53. The molecule has 2 N–H and O–H groups in total. The largest absolute Gasteiger partial charge is 0.329 e. The summed E-state index contributed by atoms with van der Waals surface area (Å²) < 4.78 is 0. The van der Waals surface area contributed by atoms with Crippen LogP contribution in [0.25, 0.3) is 0 Å². The molecule has 0 aromatic rings. The summed E-state index contributed by atoms with van der Waals surface area (Å²) in [6.07, 6.45) is 2.47. The average Bonchev–Trinajstić information content (AvgIpc) is 2.60. The molecule has 2 atom stereocenters. The summed E-state index contributed by atoms with van der Waals surface area (Å²) >= 11 is 2.06. The Morgan fingerprint density at radius 1 is 1.31 bits per heavy atom. The molecule has 0 amide bonds. The minimum Gasteiger partial charge on any atom is -0.329 e. The van der Waals surface area contributed by atoms with Crippen LogP contribution in [0.3, 0.4) is 0 Å². The Hall–Kier alpha value is 0.230. The molecule has 0 radical (unpaired) electrons. The van der Waals surface area contributed by atoms with Crippen molar-refractivity contribution in [1.82, 2.24) is 9.80 Å². The van der Waals surface area contributed by atoms with E-state index < -0.39 is 0 Å². The topological polar surface area (TPSA) is 32.5 Å². The molecule has 1 heterocycles. The highest BCUT2D eigenvalue weighted by Gasteiger charge is 2.39. The van der Waals surface area contributed by atoms with Crippen LogP contribution < -0.4 is 5.73 Å². The Labute approximate surface area is 105 Å². The molecule has 0 bridgehead atoms. The van der Waals surface area contributed by atoms with E-state index in [0.29, 0.717) is 0 Å². The van der Waals surface area contributed by atoms with Crippen LogP contribution in [0.4, 0.5) is 0 Å². The zero-order valence-corrected chi connectivity index (χ0v) is 12.0. The molecule has 1 saturated heterocycles. The molecule has 0 aromatic heterocycles. The van der Waals surface area contributed by atoms with E-state index in [0.717, 1.165) is 24.9 Å². The third kappa shape index (κ3) is 3.62. The van der Waals surface area contributed by atoms with Crippen molar-refractivity contribution in [2.45, 2.75) is 30.6 Å². The van der Waals surface area contributed by atoms with Crippen LogP contribution in [-0.4, -0.2) is 67.1 Å². The predicted molar refractivity (Wildman–Crippen MR) is 74.1 cm³/mol. The quantitative estimate of drug-likeness (QED) is 0.759. The van der Waals surface area contributed by atoms with Gasteiger partial charge >= 0.3 is 0 Å². The van der Waals surface area contributed by atoms with E-state index in [1.165, 1.54) is 18.6 Å². The maximum atomic E-state index is 6.00. The molecular formula is C12H27N3S. The summed E-state index contributed by atoms with van der Waals surface area (Å²) in [5.41, 5.74) is 6.26. The molecule has 0 spiro atoms. The van der Waals surface area contributed by atoms with Crippen LogP contribution in [0.2, 0.25) is 0 Å². The first-order valence-corrected chi connectivity index (χ1v) is 7.23. The fraction of sp³-hybridized carbons (Fsp3) is 1.00. The van der Waals surface area contributed by atoms with Gasteiger partial charge in [0, 0.05) is 23.1 Å². The van der Waals surface area contributed by atoms with Gasteiger partial charge in [-0.1, -0.05) is 6.92 Å². The normalized spacial score (nSPS) is 30.6. The summed E-state index contributed by atoms with van der Waals surface area (Å²) in [6, 6.07) is 0. The lowest BCUT2D eigenvalue weighted by Gasteiger charge is -2.37. The van der Waals surface area contributed by atoms with Gasteiger partial charge in [0.25, 0.3) is 0 Å². The van der Waals surface area contributed by atoms with Crippen molar-refractivity contribution in [1.29, 1.82) is 0 Å². The van der Waals surface area contributed by atoms with Gasteiger partial charge < -0.3 is 10.6 Å². The Balaban J connectivity index is 2.41. The predicted octanol–water partition coefficient (Wildman–Crippen LogP) is 1.09. The Morgan fingerprint density at radius 2 is 2.00 bits per heavy atom. The molecule has 1 aliphatic rings. The standard InChI is InChI=1S/C12H27N3S/c1-11-8-12(9-13,10-16-11)15(4)7-5-6-14(2)3/h11H,5-10,13H2,1-4H3. The van der Waals surface area contributed by atoms with Gasteiger partial charge in [0.05, 0.1) is 0 Å². The maximum Gasteiger partial charge on any atom is 0.0429 e. The van der Waals surface area contributed by atoms with Crippen LogP contribution in [-0.2, 0) is 0 Å². The summed E-state index contributed by atoms with van der Waals surface area (Å²) in [5, 5.41) is 0.764. The van der Waals surface area contributed by atoms with Gasteiger partial charge in [-0.2, -0.15) is 11.8 Å². The molecule has 1 rings (SSSR count). The number of hydrogen-bond donors (Lipinski definition) is 1. The first-order valence-electron chi connectivity index (χ1n) is 6.18. The van der Waals surface area contributed by atoms with Crippen LogP contribution in [0, 0.1) is 0 Å². The minimum atomic E-state index is 0.260. The van der Waals surface area contributed by atoms with Crippen molar-refractivity contribution < 1.29 is 0 Å². The average molecular weight is 245 g/mol. The van der Waals surface area contributed by atoms with Crippen molar-refractivity contribution in [3.8, 4) is 0 Å². The Morgan fingerprint density at radius 3 is 2.44 bits per heavy atom. The zero-order valence-electron chi connectivity index (χ0n) is 11.2. The van der Waals surface area contributed by atoms with Gasteiger partial charge in [-0.15, -0.1) is 0 Å². The second kappa shape index (κ2) is 6.24. The minimum absolute atomic E-state index is 0.260. The summed E-state index contributed by atoms with van der Waals surface area (Å²) in [5.74, 6) is 1.20. The highest BCUT2D eigenvalue weighted by molar-refractivity contribution is 8.00. The monoisotopic (exact) mass is 245 g/mol. The van der Waals surface area contributed by atoms with E-state index in [4.69, 9.17) is 5.73 Å². The van der Waals surface area contributed by atoms with Crippen LogP contribution in [0.15, 0.2) is 0 Å². The maximum absolute atomic E-state index is 6.00. The van der Waals surface area contributed by atoms with Crippen molar-refractivity contribution in [2.75, 3.05) is 46.5 Å². The highest BCUT2D eigenvalue weighted by atomic mass is 32.2. The first-order chi connectivity index (χ1) is 7.50. The lowest BCUT2D eigenvalue weighted by atomic mass is 9.94. The van der Waals surface area contributed by atoms with E-state index >= 15 is 0 Å². The Kier molecular flexibility index (Phi) is 5.57. The Bertz CT molecular complexity index is 210. The third-order valence-corrected chi connectivity index (χ3v) is 5.03. The smallest absolute Gasteiger partial charge is 0.0429 e. The van der Waals surface area contributed by atoms with Crippen molar-refractivity contribution >= 4 is 11.8 Å². The van der Waals surface area contributed by atoms with E-state index in [2.05, 4.69) is 49.6 Å². The summed E-state index contributed by atoms with van der Waals surface area (Å²) in [6.45, 7) is 5.43.